The predicted octanol–water partition coefficient (Wildman–Crippen LogP) is 0.431. The van der Waals surface area contributed by atoms with Gasteiger partial charge >= 0.3 is 0 Å². The summed E-state index contributed by atoms with van der Waals surface area (Å²) >= 11 is 0. The van der Waals surface area contributed by atoms with Gasteiger partial charge in [-0.15, -0.1) is 9.24 Å². The van der Waals surface area contributed by atoms with E-state index < -0.39 is 10.1 Å². The Labute approximate surface area is 87.2 Å². The smallest absolute Gasteiger partial charge is 0.282 e. The minimum atomic E-state index is -4.05. The van der Waals surface area contributed by atoms with Crippen LogP contribution in [0.2, 0.25) is 0 Å². The van der Waals surface area contributed by atoms with Gasteiger partial charge in [0.25, 0.3) is 10.1 Å². The van der Waals surface area contributed by atoms with Crippen molar-refractivity contribution in [2.75, 3.05) is 0 Å². The molecule has 3 nitrogen and oxygen atoms in total. The second-order valence-electron chi connectivity index (χ2n) is 2.01. The van der Waals surface area contributed by atoms with E-state index in [0.717, 1.165) is 0 Å². The van der Waals surface area contributed by atoms with Crippen molar-refractivity contribution in [1.29, 1.82) is 0 Å². The van der Waals surface area contributed by atoms with Gasteiger partial charge in [-0.25, -0.2) is 0 Å². The molecule has 70 valence electrons. The fraction of sp³-hybridized carbons (Fsp3) is 0. The van der Waals surface area contributed by atoms with Gasteiger partial charge < -0.3 is 0 Å². The quantitative estimate of drug-likeness (QED) is 0.464. The molecule has 0 aliphatic heterocycles. The van der Waals surface area contributed by atoms with E-state index in [9.17, 15) is 8.42 Å². The Morgan fingerprint density at radius 1 is 1.25 bits per heavy atom. The fourth-order valence-electron chi connectivity index (χ4n) is 0.715. The minimum absolute atomic E-state index is 0. The van der Waals surface area contributed by atoms with Crippen molar-refractivity contribution in [3.8, 4) is 0 Å². The molecule has 1 atom stereocenters. The third-order valence-corrected chi connectivity index (χ3v) is 2.84. The summed E-state index contributed by atoms with van der Waals surface area (Å²) in [5.41, 5.74) is 0. The molecule has 0 radical (unpaired) electrons. The van der Waals surface area contributed by atoms with Crippen molar-refractivity contribution in [1.82, 2.24) is 0 Å². The minimum Gasteiger partial charge on any atom is -0.282 e. The van der Waals surface area contributed by atoms with Crippen LogP contribution in [0.25, 0.3) is 0 Å². The molecule has 1 aromatic carbocycles. The third-order valence-electron chi connectivity index (χ3n) is 1.20. The average molecular weight is 297 g/mol. The molecule has 0 aromatic heterocycles. The van der Waals surface area contributed by atoms with Crippen molar-refractivity contribution in [2.45, 2.75) is 4.90 Å². The maximum Gasteiger partial charge on any atom is 0.295 e. The second-order valence-corrected chi connectivity index (χ2v) is 4.02. The summed E-state index contributed by atoms with van der Waals surface area (Å²) in [4.78, 5) is -0.0648. The molecule has 0 aliphatic carbocycles. The largest absolute Gasteiger partial charge is 0.295 e. The Morgan fingerprint density at radius 3 is 2.08 bits per heavy atom. The summed E-state index contributed by atoms with van der Waals surface area (Å²) in [5.74, 6) is 0. The van der Waals surface area contributed by atoms with Crippen LogP contribution in [0.1, 0.15) is 0 Å². The molecule has 0 amide bonds. The third kappa shape index (κ3) is 2.93. The van der Waals surface area contributed by atoms with E-state index in [2.05, 4.69) is 9.24 Å². The van der Waals surface area contributed by atoms with Crippen LogP contribution in [0.5, 0.6) is 0 Å². The maximum atomic E-state index is 10.6. The van der Waals surface area contributed by atoms with Crippen LogP contribution >= 0.6 is 9.24 Å². The van der Waals surface area contributed by atoms with E-state index in [1.165, 1.54) is 6.07 Å². The molecule has 1 unspecified atom stereocenters. The Kier molecular flexibility index (Phi) is 4.54. The number of hydrogen-bond acceptors (Lipinski definition) is 2. The van der Waals surface area contributed by atoms with E-state index in [0.29, 0.717) is 5.30 Å². The molecule has 0 spiro atoms. The molecule has 6 heteroatoms. The molecule has 0 saturated carbocycles. The average Bonchev–Trinajstić information content (AvgIpc) is 1.86. The molecule has 1 N–H and O–H groups in total. The van der Waals surface area contributed by atoms with Gasteiger partial charge in [0.15, 0.2) is 0 Å². The summed E-state index contributed by atoms with van der Waals surface area (Å²) in [6.07, 6.45) is 0. The Bertz CT molecular complexity index is 363. The van der Waals surface area contributed by atoms with E-state index >= 15 is 0 Å². The van der Waals surface area contributed by atoms with Gasteiger partial charge in [0.05, 0.1) is 0 Å². The topological polar surface area (TPSA) is 54.4 Å². The molecular weight excluding hydrogens is 290 g/mol. The molecule has 12 heavy (non-hydrogen) atoms. The molecule has 0 aliphatic rings. The Hall–Kier alpha value is 0.222. The molecule has 1 rings (SSSR count). The molecule has 0 saturated heterocycles. The second kappa shape index (κ2) is 4.46. The zero-order chi connectivity index (χ0) is 8.48. The molecule has 0 fully saturated rings. The van der Waals surface area contributed by atoms with Gasteiger partial charge in [-0.1, -0.05) is 18.2 Å². The van der Waals surface area contributed by atoms with Crippen LogP contribution in [-0.4, -0.2) is 13.0 Å². The molecule has 1 aromatic rings. The number of rotatable bonds is 1. The predicted molar refractivity (Wildman–Crippen MR) is 45.6 cm³/mol. The summed E-state index contributed by atoms with van der Waals surface area (Å²) in [6.45, 7) is 0. The standard InChI is InChI=1S/C6H7O3PS.Pd/c7-11(8,9)6-4-2-1-3-5(6)10;/h1-4H,10H2,(H,7,8,9);. The van der Waals surface area contributed by atoms with Gasteiger partial charge in [-0.3, -0.25) is 4.55 Å². The zero-order valence-electron chi connectivity index (χ0n) is 5.87. The normalized spacial score (nSPS) is 10.5. The van der Waals surface area contributed by atoms with Crippen LogP contribution in [0.3, 0.4) is 0 Å². The van der Waals surface area contributed by atoms with Crippen LogP contribution in [0, 0.1) is 0 Å². The fourth-order valence-corrected chi connectivity index (χ4v) is 1.99. The first-order valence-corrected chi connectivity index (χ1v) is 4.85. The summed E-state index contributed by atoms with van der Waals surface area (Å²) in [6, 6.07) is 6.18. The number of benzene rings is 1. The van der Waals surface area contributed by atoms with Crippen LogP contribution in [0.15, 0.2) is 29.2 Å². The van der Waals surface area contributed by atoms with Gasteiger partial charge in [0.1, 0.15) is 4.90 Å². The maximum absolute atomic E-state index is 10.6. The van der Waals surface area contributed by atoms with Gasteiger partial charge in [0, 0.05) is 20.4 Å². The van der Waals surface area contributed by atoms with Gasteiger partial charge in [0.2, 0.25) is 0 Å². The summed E-state index contributed by atoms with van der Waals surface area (Å²) in [7, 11) is -1.82. The Balaban J connectivity index is 0.00000121. The number of hydrogen-bond donors (Lipinski definition) is 1. The van der Waals surface area contributed by atoms with Crippen molar-refractivity contribution < 1.29 is 33.4 Å². The first-order chi connectivity index (χ1) is 5.02. The van der Waals surface area contributed by atoms with E-state index in [4.69, 9.17) is 4.55 Å². The van der Waals surface area contributed by atoms with Crippen molar-refractivity contribution >= 4 is 24.7 Å². The van der Waals surface area contributed by atoms with Crippen LogP contribution < -0.4 is 5.30 Å². The van der Waals surface area contributed by atoms with Gasteiger partial charge in [-0.05, 0) is 11.4 Å². The van der Waals surface area contributed by atoms with Gasteiger partial charge in [-0.2, -0.15) is 8.42 Å². The zero-order valence-corrected chi connectivity index (χ0v) is 9.40. The SMILES string of the molecule is O=S(=O)(O)c1ccccc1P.[Pd]. The first kappa shape index (κ1) is 12.2. The van der Waals surface area contributed by atoms with Crippen LogP contribution in [-0.2, 0) is 30.5 Å². The van der Waals surface area contributed by atoms with Crippen LogP contribution in [0.4, 0.5) is 0 Å². The van der Waals surface area contributed by atoms with Crippen molar-refractivity contribution in [3.05, 3.63) is 24.3 Å². The monoisotopic (exact) mass is 296 g/mol. The Morgan fingerprint density at radius 2 is 1.75 bits per heavy atom. The molecule has 0 bridgehead atoms. The molecule has 0 heterocycles. The van der Waals surface area contributed by atoms with Crippen molar-refractivity contribution in [3.63, 3.8) is 0 Å². The van der Waals surface area contributed by atoms with E-state index in [-0.39, 0.29) is 25.3 Å². The first-order valence-electron chi connectivity index (χ1n) is 2.84. The van der Waals surface area contributed by atoms with E-state index in [1.54, 1.807) is 18.2 Å². The summed E-state index contributed by atoms with van der Waals surface area (Å²) in [5, 5.41) is 0.468. The summed E-state index contributed by atoms with van der Waals surface area (Å²) < 4.78 is 29.8. The van der Waals surface area contributed by atoms with Crippen molar-refractivity contribution in [2.24, 2.45) is 0 Å². The molecular formula is C6H7O3PPdS. The van der Waals surface area contributed by atoms with E-state index in [1.807, 2.05) is 0 Å².